The number of nitrogens with zero attached hydrogens (tertiary/aromatic N) is 2. The highest BCUT2D eigenvalue weighted by molar-refractivity contribution is 5.90. The van der Waals surface area contributed by atoms with E-state index in [1.165, 1.54) is 25.6 Å². The van der Waals surface area contributed by atoms with Crippen LogP contribution >= 0.6 is 0 Å². The smallest absolute Gasteiger partial charge is 0.339 e. The van der Waals surface area contributed by atoms with Crippen molar-refractivity contribution in [2.45, 2.75) is 13.8 Å². The number of carbonyl (C=O) groups excluding carboxylic acids is 1. The Balaban J connectivity index is 0.000000421. The molecule has 0 aliphatic carbocycles. The Bertz CT molecular complexity index is 734. The van der Waals surface area contributed by atoms with Crippen LogP contribution in [0.2, 0.25) is 0 Å². The first-order valence-corrected chi connectivity index (χ1v) is 6.96. The number of anilines is 2. The molecule has 9 nitrogen and oxygen atoms in total. The quantitative estimate of drug-likeness (QED) is 0.579. The van der Waals surface area contributed by atoms with E-state index in [0.29, 0.717) is 28.3 Å². The first-order valence-electron chi connectivity index (χ1n) is 6.96. The molecule has 6 N–H and O–H groups in total. The Morgan fingerprint density at radius 2 is 1.36 bits per heavy atom. The molecule has 2 aromatic heterocycles. The second kappa shape index (κ2) is 10.6. The minimum atomic E-state index is -1.01. The fourth-order valence-electron chi connectivity index (χ4n) is 1.45. The van der Waals surface area contributed by atoms with E-state index in [1.54, 1.807) is 19.9 Å². The van der Waals surface area contributed by atoms with E-state index >= 15 is 0 Å². The summed E-state index contributed by atoms with van der Waals surface area (Å²) in [4.78, 5) is 29.0. The molecule has 0 aliphatic heterocycles. The summed E-state index contributed by atoms with van der Waals surface area (Å²) in [6, 6.07) is 2.94. The molecule has 2 aromatic rings. The normalized spacial score (nSPS) is 9.00. The monoisotopic (exact) mass is 350 g/mol. The summed E-state index contributed by atoms with van der Waals surface area (Å²) in [5.74, 6) is -1.43. The van der Waals surface area contributed by atoms with Crippen molar-refractivity contribution in [2.24, 2.45) is 0 Å². The number of nitrogens with two attached hydrogens (primary N) is 2. The van der Waals surface area contributed by atoms with Crippen molar-refractivity contribution >= 4 is 23.3 Å². The third-order valence-corrected chi connectivity index (χ3v) is 2.92. The second-order valence-corrected chi connectivity index (χ2v) is 4.59. The number of hydrogen-bond acceptors (Lipinski definition) is 8. The maximum absolute atomic E-state index is 11.0. The molecule has 0 amide bonds. The van der Waals surface area contributed by atoms with Crippen molar-refractivity contribution in [3.05, 3.63) is 47.0 Å². The molecule has 25 heavy (non-hydrogen) atoms. The summed E-state index contributed by atoms with van der Waals surface area (Å²) < 4.78 is 4.50. The first-order chi connectivity index (χ1) is 11.8. The average Bonchev–Trinajstić information content (AvgIpc) is 2.61. The maximum atomic E-state index is 11.0. The summed E-state index contributed by atoms with van der Waals surface area (Å²) in [5, 5.41) is 15.5. The fraction of sp³-hybridized carbons (Fsp3) is 0.250. The highest BCUT2D eigenvalue weighted by atomic mass is 16.5. The standard InChI is InChI=1S/C8H10N2O2.C7H8N2O2.CH4O/c1-5-7(9)3-6(4-10-5)8(11)12-2;1-4-6(8)2-5(3-9-4)7(10)11;1-2/h3-4H,9H2,1-2H3;2-3H,8H2,1H3,(H,10,11);2H,1H3. The minimum absolute atomic E-state index is 0.119. The number of methoxy groups -OCH3 is 1. The van der Waals surface area contributed by atoms with Crippen LogP contribution in [0.15, 0.2) is 24.5 Å². The van der Waals surface area contributed by atoms with E-state index in [0.717, 1.165) is 7.11 Å². The topological polar surface area (TPSA) is 162 Å². The molecule has 0 atom stereocenters. The van der Waals surface area contributed by atoms with Crippen LogP contribution in [0.3, 0.4) is 0 Å². The summed E-state index contributed by atoms with van der Waals surface area (Å²) in [6.45, 7) is 3.50. The van der Waals surface area contributed by atoms with Crippen molar-refractivity contribution < 1.29 is 24.5 Å². The lowest BCUT2D eigenvalue weighted by atomic mass is 10.2. The number of carboxylic acid groups (broad SMARTS) is 1. The molecular formula is C16H22N4O5. The van der Waals surface area contributed by atoms with Crippen molar-refractivity contribution in [2.75, 3.05) is 25.7 Å². The molecule has 2 heterocycles. The summed E-state index contributed by atoms with van der Waals surface area (Å²) in [5.41, 5.74) is 13.7. The van der Waals surface area contributed by atoms with Gasteiger partial charge in [-0.15, -0.1) is 0 Å². The fourth-order valence-corrected chi connectivity index (χ4v) is 1.45. The van der Waals surface area contributed by atoms with Gasteiger partial charge in [0.05, 0.1) is 41.0 Å². The number of pyridine rings is 2. The van der Waals surface area contributed by atoms with Gasteiger partial charge < -0.3 is 26.4 Å². The number of aryl methyl sites for hydroxylation is 2. The molecule has 0 saturated carbocycles. The Labute approximate surface area is 145 Å². The van der Waals surface area contributed by atoms with Gasteiger partial charge >= 0.3 is 11.9 Å². The Kier molecular flexibility index (Phi) is 9.20. The van der Waals surface area contributed by atoms with Gasteiger partial charge in [-0.3, -0.25) is 9.97 Å². The molecule has 0 radical (unpaired) electrons. The van der Waals surface area contributed by atoms with Gasteiger partial charge in [-0.1, -0.05) is 0 Å². The Morgan fingerprint density at radius 3 is 1.72 bits per heavy atom. The lowest BCUT2D eigenvalue weighted by Crippen LogP contribution is -2.04. The summed E-state index contributed by atoms with van der Waals surface area (Å²) in [7, 11) is 2.32. The van der Waals surface area contributed by atoms with Gasteiger partial charge in [0.15, 0.2) is 0 Å². The van der Waals surface area contributed by atoms with E-state index in [4.69, 9.17) is 21.7 Å². The number of carbonyl (C=O) groups is 2. The molecule has 0 fully saturated rings. The van der Waals surface area contributed by atoms with Crippen LogP contribution in [-0.4, -0.2) is 46.3 Å². The van der Waals surface area contributed by atoms with Crippen LogP contribution in [0, 0.1) is 13.8 Å². The number of rotatable bonds is 2. The molecule has 0 aromatic carbocycles. The average molecular weight is 350 g/mol. The molecule has 0 spiro atoms. The van der Waals surface area contributed by atoms with E-state index in [-0.39, 0.29) is 5.56 Å². The Hall–Kier alpha value is -3.20. The van der Waals surface area contributed by atoms with E-state index in [2.05, 4.69) is 14.7 Å². The highest BCUT2D eigenvalue weighted by Gasteiger charge is 2.06. The van der Waals surface area contributed by atoms with Gasteiger partial charge in [0.1, 0.15) is 0 Å². The zero-order chi connectivity index (χ0) is 19.6. The predicted octanol–water partition coefficient (Wildman–Crippen LogP) is 1.04. The van der Waals surface area contributed by atoms with Crippen LogP contribution in [0.5, 0.6) is 0 Å². The SMILES string of the molecule is CO.COC(=O)c1cnc(C)c(N)c1.Cc1ncc(C(=O)O)cc1N. The van der Waals surface area contributed by atoms with Gasteiger partial charge in [0.2, 0.25) is 0 Å². The number of esters is 1. The van der Waals surface area contributed by atoms with E-state index in [9.17, 15) is 9.59 Å². The lowest BCUT2D eigenvalue weighted by Gasteiger charge is -2.01. The van der Waals surface area contributed by atoms with Crippen molar-refractivity contribution in [1.82, 2.24) is 9.97 Å². The summed E-state index contributed by atoms with van der Waals surface area (Å²) in [6.07, 6.45) is 2.73. The van der Waals surface area contributed by atoms with Gasteiger partial charge in [0.25, 0.3) is 0 Å². The number of ether oxygens (including phenoxy) is 1. The van der Waals surface area contributed by atoms with E-state index < -0.39 is 11.9 Å². The molecule has 0 aliphatic rings. The van der Waals surface area contributed by atoms with Gasteiger partial charge in [-0.25, -0.2) is 9.59 Å². The number of aromatic nitrogens is 2. The third kappa shape index (κ3) is 6.83. The maximum Gasteiger partial charge on any atom is 0.339 e. The van der Waals surface area contributed by atoms with Gasteiger partial charge in [-0.05, 0) is 26.0 Å². The number of carboxylic acids is 1. The highest BCUT2D eigenvalue weighted by Crippen LogP contribution is 2.10. The second-order valence-electron chi connectivity index (χ2n) is 4.59. The lowest BCUT2D eigenvalue weighted by molar-refractivity contribution is 0.0599. The Morgan fingerprint density at radius 1 is 0.960 bits per heavy atom. The van der Waals surface area contributed by atoms with Crippen molar-refractivity contribution in [1.29, 1.82) is 0 Å². The third-order valence-electron chi connectivity index (χ3n) is 2.92. The number of aromatic carboxylic acids is 1. The number of aliphatic hydroxyl groups is 1. The molecule has 0 saturated heterocycles. The van der Waals surface area contributed by atoms with Crippen LogP contribution in [-0.2, 0) is 4.74 Å². The van der Waals surface area contributed by atoms with Crippen LogP contribution in [0.1, 0.15) is 32.1 Å². The number of nitrogen functional groups attached to an aromatic ring is 2. The largest absolute Gasteiger partial charge is 0.478 e. The summed E-state index contributed by atoms with van der Waals surface area (Å²) >= 11 is 0. The molecule has 9 heteroatoms. The first kappa shape index (κ1) is 21.8. The molecule has 0 unspecified atom stereocenters. The van der Waals surface area contributed by atoms with Gasteiger partial charge in [0, 0.05) is 19.5 Å². The number of hydrogen-bond donors (Lipinski definition) is 4. The van der Waals surface area contributed by atoms with Crippen molar-refractivity contribution in [3.63, 3.8) is 0 Å². The molecule has 0 bridgehead atoms. The molecule has 2 rings (SSSR count). The van der Waals surface area contributed by atoms with Gasteiger partial charge in [-0.2, -0.15) is 0 Å². The predicted molar refractivity (Wildman–Crippen MR) is 93.2 cm³/mol. The van der Waals surface area contributed by atoms with E-state index in [1.807, 2.05) is 0 Å². The zero-order valence-electron chi connectivity index (χ0n) is 14.5. The number of aliphatic hydroxyl groups excluding tert-OH is 1. The molecule has 136 valence electrons. The van der Waals surface area contributed by atoms with Crippen molar-refractivity contribution in [3.8, 4) is 0 Å². The minimum Gasteiger partial charge on any atom is -0.478 e. The van der Waals surface area contributed by atoms with Crippen LogP contribution < -0.4 is 11.5 Å². The molecular weight excluding hydrogens is 328 g/mol. The van der Waals surface area contributed by atoms with Crippen LogP contribution in [0.25, 0.3) is 0 Å². The zero-order valence-corrected chi connectivity index (χ0v) is 14.5. The van der Waals surface area contributed by atoms with Crippen LogP contribution in [0.4, 0.5) is 11.4 Å².